The van der Waals surface area contributed by atoms with Gasteiger partial charge in [-0.25, -0.2) is 13.6 Å². The van der Waals surface area contributed by atoms with E-state index in [4.69, 9.17) is 9.47 Å². The average Bonchev–Trinajstić information content (AvgIpc) is 2.73. The van der Waals surface area contributed by atoms with Crippen molar-refractivity contribution in [3.05, 3.63) is 90.0 Å². The molecule has 0 bridgehead atoms. The molecule has 0 heterocycles. The highest BCUT2D eigenvalue weighted by Gasteiger charge is 2.06. The van der Waals surface area contributed by atoms with Gasteiger partial charge in [0.15, 0.2) is 11.6 Å². The fourth-order valence-electron chi connectivity index (χ4n) is 2.47. The molecule has 0 unspecified atom stereocenters. The second kappa shape index (κ2) is 10.1. The van der Waals surface area contributed by atoms with Crippen molar-refractivity contribution < 1.29 is 23.0 Å². The Kier molecular flexibility index (Phi) is 7.00. The van der Waals surface area contributed by atoms with Crippen LogP contribution in [0, 0.1) is 11.6 Å². The molecule has 0 radical (unpaired) electrons. The number of halogens is 2. The Morgan fingerprint density at radius 3 is 2.38 bits per heavy atom. The minimum atomic E-state index is -0.788. The Morgan fingerprint density at radius 1 is 0.897 bits per heavy atom. The van der Waals surface area contributed by atoms with Gasteiger partial charge in [-0.3, -0.25) is 0 Å². The lowest BCUT2D eigenvalue weighted by molar-refractivity contribution is 0.246. The molecule has 2 N–H and O–H groups in total. The minimum absolute atomic E-state index is 0.0439. The Labute approximate surface area is 167 Å². The molecule has 3 rings (SSSR count). The lowest BCUT2D eigenvalue weighted by Crippen LogP contribution is -2.32. The summed E-state index contributed by atoms with van der Waals surface area (Å²) in [7, 11) is 0. The summed E-state index contributed by atoms with van der Waals surface area (Å²) in [6.07, 6.45) is 0. The number of hydrogen-bond acceptors (Lipinski definition) is 3. The third-order valence-corrected chi connectivity index (χ3v) is 3.90. The van der Waals surface area contributed by atoms with Crippen LogP contribution in [0.4, 0.5) is 19.3 Å². The van der Waals surface area contributed by atoms with Gasteiger partial charge in [0.1, 0.15) is 24.8 Å². The number of rotatable bonds is 8. The molecule has 7 heteroatoms. The molecule has 0 fully saturated rings. The van der Waals surface area contributed by atoms with Gasteiger partial charge in [-0.15, -0.1) is 0 Å². The van der Waals surface area contributed by atoms with Crippen molar-refractivity contribution >= 4 is 11.7 Å². The molecule has 0 spiro atoms. The number of anilines is 1. The number of nitrogens with one attached hydrogen (secondary N) is 2. The van der Waals surface area contributed by atoms with E-state index in [1.807, 2.05) is 30.3 Å². The first-order valence-corrected chi connectivity index (χ1v) is 8.99. The van der Waals surface area contributed by atoms with Gasteiger partial charge in [-0.05, 0) is 42.0 Å². The maximum atomic E-state index is 13.4. The molecule has 0 atom stereocenters. The van der Waals surface area contributed by atoms with Crippen molar-refractivity contribution in [3.8, 4) is 11.5 Å². The van der Waals surface area contributed by atoms with Crippen LogP contribution in [0.15, 0.2) is 72.8 Å². The van der Waals surface area contributed by atoms with Crippen LogP contribution in [0.1, 0.15) is 5.56 Å². The molecule has 3 aromatic carbocycles. The largest absolute Gasteiger partial charge is 0.489 e. The van der Waals surface area contributed by atoms with E-state index in [1.165, 1.54) is 6.07 Å². The fourth-order valence-corrected chi connectivity index (χ4v) is 2.47. The highest BCUT2D eigenvalue weighted by Crippen LogP contribution is 2.18. The molecule has 5 nitrogen and oxygen atoms in total. The predicted molar refractivity (Wildman–Crippen MR) is 106 cm³/mol. The van der Waals surface area contributed by atoms with E-state index in [9.17, 15) is 13.6 Å². The molecule has 0 aliphatic heterocycles. The predicted octanol–water partition coefficient (Wildman–Crippen LogP) is 4.74. The summed E-state index contributed by atoms with van der Waals surface area (Å²) in [6, 6.07) is 19.4. The monoisotopic (exact) mass is 398 g/mol. The summed E-state index contributed by atoms with van der Waals surface area (Å²) in [5.41, 5.74) is 1.66. The van der Waals surface area contributed by atoms with Crippen molar-refractivity contribution in [1.82, 2.24) is 5.32 Å². The molecule has 0 aliphatic rings. The van der Waals surface area contributed by atoms with Crippen LogP contribution < -0.4 is 20.1 Å². The highest BCUT2D eigenvalue weighted by atomic mass is 19.1. The van der Waals surface area contributed by atoms with Crippen molar-refractivity contribution in [2.45, 2.75) is 6.61 Å². The summed E-state index contributed by atoms with van der Waals surface area (Å²) < 4.78 is 37.1. The number of ether oxygens (including phenoxy) is 2. The maximum Gasteiger partial charge on any atom is 0.319 e. The van der Waals surface area contributed by atoms with E-state index in [1.54, 1.807) is 24.3 Å². The van der Waals surface area contributed by atoms with E-state index in [2.05, 4.69) is 10.6 Å². The van der Waals surface area contributed by atoms with Gasteiger partial charge in [-0.2, -0.15) is 0 Å². The van der Waals surface area contributed by atoms with Crippen molar-refractivity contribution in [2.24, 2.45) is 0 Å². The molecule has 29 heavy (non-hydrogen) atoms. The first-order valence-electron chi connectivity index (χ1n) is 8.99. The number of amides is 2. The zero-order valence-corrected chi connectivity index (χ0v) is 15.5. The molecular formula is C22H20F2N2O3. The van der Waals surface area contributed by atoms with Crippen LogP contribution >= 0.6 is 0 Å². The van der Waals surface area contributed by atoms with Gasteiger partial charge < -0.3 is 20.1 Å². The highest BCUT2D eigenvalue weighted by molar-refractivity contribution is 5.89. The van der Waals surface area contributed by atoms with Crippen LogP contribution in [-0.2, 0) is 6.61 Å². The van der Waals surface area contributed by atoms with Crippen LogP contribution in [0.2, 0.25) is 0 Å². The van der Waals surface area contributed by atoms with Gasteiger partial charge in [-0.1, -0.05) is 30.3 Å². The molecule has 0 aliphatic carbocycles. The van der Waals surface area contributed by atoms with E-state index in [-0.39, 0.29) is 18.9 Å². The third kappa shape index (κ3) is 6.49. The number of benzene rings is 3. The average molecular weight is 398 g/mol. The molecule has 2 amide bonds. The van der Waals surface area contributed by atoms with Gasteiger partial charge in [0.05, 0.1) is 6.54 Å². The van der Waals surface area contributed by atoms with Crippen LogP contribution in [0.5, 0.6) is 11.5 Å². The standard InChI is InChI=1S/C22H20F2N2O3/c23-17-6-11-21(20(24)14-17)28-13-12-25-22(27)26-18-7-9-19(10-8-18)29-15-16-4-2-1-3-5-16/h1-11,14H,12-13,15H2,(H2,25,26,27). The Morgan fingerprint density at radius 2 is 1.66 bits per heavy atom. The first-order chi connectivity index (χ1) is 14.1. The molecule has 150 valence electrons. The SMILES string of the molecule is O=C(NCCOc1ccc(F)cc1F)Nc1ccc(OCc2ccccc2)cc1. The van der Waals surface area contributed by atoms with Crippen molar-refractivity contribution in [1.29, 1.82) is 0 Å². The van der Waals surface area contributed by atoms with E-state index < -0.39 is 17.7 Å². The lowest BCUT2D eigenvalue weighted by atomic mass is 10.2. The molecule has 0 saturated carbocycles. The molecule has 0 saturated heterocycles. The van der Waals surface area contributed by atoms with Crippen LogP contribution in [0.25, 0.3) is 0 Å². The van der Waals surface area contributed by atoms with Gasteiger partial charge >= 0.3 is 6.03 Å². The second-order valence-corrected chi connectivity index (χ2v) is 6.10. The molecular weight excluding hydrogens is 378 g/mol. The summed E-state index contributed by atoms with van der Waals surface area (Å²) in [5.74, 6) is -0.845. The van der Waals surface area contributed by atoms with E-state index in [0.29, 0.717) is 18.0 Å². The van der Waals surface area contributed by atoms with Crippen LogP contribution in [-0.4, -0.2) is 19.2 Å². The molecule has 0 aromatic heterocycles. The number of carbonyl (C=O) groups excluding carboxylic acids is 1. The number of carbonyl (C=O) groups is 1. The summed E-state index contributed by atoms with van der Waals surface area (Å²) in [5, 5.41) is 5.27. The summed E-state index contributed by atoms with van der Waals surface area (Å²) in [6.45, 7) is 0.659. The number of urea groups is 1. The quantitative estimate of drug-likeness (QED) is 0.539. The topological polar surface area (TPSA) is 59.6 Å². The second-order valence-electron chi connectivity index (χ2n) is 6.10. The van der Waals surface area contributed by atoms with Gasteiger partial charge in [0, 0.05) is 11.8 Å². The Hall–Kier alpha value is -3.61. The first kappa shape index (κ1) is 20.1. The normalized spacial score (nSPS) is 10.3. The van der Waals surface area contributed by atoms with E-state index in [0.717, 1.165) is 17.7 Å². The third-order valence-electron chi connectivity index (χ3n) is 3.90. The zero-order chi connectivity index (χ0) is 20.5. The van der Waals surface area contributed by atoms with Gasteiger partial charge in [0.2, 0.25) is 0 Å². The maximum absolute atomic E-state index is 13.4. The smallest absolute Gasteiger partial charge is 0.319 e. The minimum Gasteiger partial charge on any atom is -0.489 e. The lowest BCUT2D eigenvalue weighted by Gasteiger charge is -2.10. The summed E-state index contributed by atoms with van der Waals surface area (Å²) in [4.78, 5) is 11.9. The van der Waals surface area contributed by atoms with E-state index >= 15 is 0 Å². The van der Waals surface area contributed by atoms with Crippen LogP contribution in [0.3, 0.4) is 0 Å². The number of hydrogen-bond donors (Lipinski definition) is 2. The van der Waals surface area contributed by atoms with Crippen molar-refractivity contribution in [3.63, 3.8) is 0 Å². The van der Waals surface area contributed by atoms with Crippen molar-refractivity contribution in [2.75, 3.05) is 18.5 Å². The zero-order valence-electron chi connectivity index (χ0n) is 15.5. The fraction of sp³-hybridized carbons (Fsp3) is 0.136. The Balaban J connectivity index is 1.37. The Bertz CT molecular complexity index is 935. The molecule has 3 aromatic rings. The summed E-state index contributed by atoms with van der Waals surface area (Å²) >= 11 is 0. The van der Waals surface area contributed by atoms with Gasteiger partial charge in [0.25, 0.3) is 0 Å².